The van der Waals surface area contributed by atoms with E-state index in [0.29, 0.717) is 6.42 Å². The monoisotopic (exact) mass is 188 g/mol. The molecule has 1 heterocycles. The lowest BCUT2D eigenvalue weighted by Gasteiger charge is -1.96. The topological polar surface area (TPSA) is 72.8 Å². The van der Waals surface area contributed by atoms with Crippen molar-refractivity contribution in [3.63, 3.8) is 0 Å². The minimum absolute atomic E-state index is 0.0946. The summed E-state index contributed by atoms with van der Waals surface area (Å²) in [6.07, 6.45) is 1.78. The maximum atomic E-state index is 10.6. The number of carbonyl (C=O) groups is 2. The van der Waals surface area contributed by atoms with Gasteiger partial charge in [-0.05, 0) is 0 Å². The molecular formula is C8H12O5. The first-order valence-electron chi connectivity index (χ1n) is 3.66. The van der Waals surface area contributed by atoms with Gasteiger partial charge in [0.25, 0.3) is 5.97 Å². The molecule has 1 atom stereocenters. The van der Waals surface area contributed by atoms with Gasteiger partial charge in [-0.2, -0.15) is 0 Å². The molecule has 1 fully saturated rings. The van der Waals surface area contributed by atoms with Crippen molar-refractivity contribution in [1.82, 2.24) is 0 Å². The molecule has 0 aromatic carbocycles. The van der Waals surface area contributed by atoms with E-state index in [9.17, 15) is 4.79 Å². The van der Waals surface area contributed by atoms with Crippen molar-refractivity contribution >= 4 is 11.9 Å². The Bertz CT molecular complexity index is 195. The van der Waals surface area contributed by atoms with Gasteiger partial charge in [0.15, 0.2) is 12.9 Å². The van der Waals surface area contributed by atoms with Crippen molar-refractivity contribution in [3.05, 3.63) is 12.7 Å². The molecule has 1 aliphatic heterocycles. The van der Waals surface area contributed by atoms with Crippen LogP contribution in [0.5, 0.6) is 0 Å². The Morgan fingerprint density at radius 2 is 2.38 bits per heavy atom. The van der Waals surface area contributed by atoms with Crippen molar-refractivity contribution in [2.45, 2.75) is 19.4 Å². The van der Waals surface area contributed by atoms with E-state index in [4.69, 9.17) is 14.6 Å². The predicted molar refractivity (Wildman–Crippen MR) is 44.0 cm³/mol. The average molecular weight is 188 g/mol. The summed E-state index contributed by atoms with van der Waals surface area (Å²) >= 11 is 0. The molecule has 1 N–H and O–H groups in total. The quantitative estimate of drug-likeness (QED) is 0.506. The van der Waals surface area contributed by atoms with Crippen LogP contribution in [0.3, 0.4) is 0 Å². The Morgan fingerprint density at radius 1 is 1.85 bits per heavy atom. The Labute approximate surface area is 75.9 Å². The van der Waals surface area contributed by atoms with E-state index in [1.165, 1.54) is 0 Å². The van der Waals surface area contributed by atoms with Gasteiger partial charge in [-0.3, -0.25) is 4.79 Å². The van der Waals surface area contributed by atoms with Gasteiger partial charge in [-0.1, -0.05) is 6.08 Å². The highest BCUT2D eigenvalue weighted by atomic mass is 16.7. The van der Waals surface area contributed by atoms with Gasteiger partial charge in [-0.15, -0.1) is 6.58 Å². The Balaban J connectivity index is 0.000000310. The van der Waals surface area contributed by atoms with Crippen LogP contribution in [0, 0.1) is 0 Å². The third-order valence-corrected chi connectivity index (χ3v) is 1.11. The highest BCUT2D eigenvalue weighted by Crippen LogP contribution is 2.08. The Kier molecular flexibility index (Phi) is 5.54. The van der Waals surface area contributed by atoms with E-state index in [1.54, 1.807) is 6.08 Å². The zero-order valence-electron chi connectivity index (χ0n) is 7.36. The van der Waals surface area contributed by atoms with Crippen LogP contribution in [0.15, 0.2) is 12.7 Å². The van der Waals surface area contributed by atoms with Crippen LogP contribution < -0.4 is 0 Å². The molecule has 1 saturated heterocycles. The van der Waals surface area contributed by atoms with Crippen LogP contribution in [0.1, 0.15) is 13.3 Å². The van der Waals surface area contributed by atoms with Crippen LogP contribution in [0.25, 0.3) is 0 Å². The van der Waals surface area contributed by atoms with Crippen molar-refractivity contribution in [2.24, 2.45) is 0 Å². The molecular weight excluding hydrogens is 176 g/mol. The summed E-state index contributed by atoms with van der Waals surface area (Å²) in [4.78, 5) is 19.6. The minimum Gasteiger partial charge on any atom is -0.481 e. The van der Waals surface area contributed by atoms with Crippen LogP contribution in [0.2, 0.25) is 0 Å². The molecule has 13 heavy (non-hydrogen) atoms. The molecule has 1 aliphatic rings. The maximum Gasteiger partial charge on any atom is 0.337 e. The smallest absolute Gasteiger partial charge is 0.337 e. The summed E-state index contributed by atoms with van der Waals surface area (Å²) in [7, 11) is 0. The second-order valence-electron chi connectivity index (χ2n) is 2.28. The Hall–Kier alpha value is -1.36. The number of carboxylic acids is 1. The van der Waals surface area contributed by atoms with Crippen LogP contribution in [-0.2, 0) is 19.1 Å². The fourth-order valence-corrected chi connectivity index (χ4v) is 0.651. The fraction of sp³-hybridized carbons (Fsp3) is 0.500. The second kappa shape index (κ2) is 6.19. The molecule has 0 radical (unpaired) electrons. The third kappa shape index (κ3) is 5.86. The SMILES string of the molecule is C=CCC1OCOC1=O.CC(=O)O. The number of rotatable bonds is 2. The number of esters is 1. The number of aliphatic carboxylic acids is 1. The van der Waals surface area contributed by atoms with Gasteiger partial charge in [0, 0.05) is 13.3 Å². The van der Waals surface area contributed by atoms with Crippen LogP contribution in [0.4, 0.5) is 0 Å². The number of hydrogen-bond acceptors (Lipinski definition) is 4. The summed E-state index contributed by atoms with van der Waals surface area (Å²) in [5, 5.41) is 7.42. The van der Waals surface area contributed by atoms with E-state index in [2.05, 4.69) is 11.3 Å². The molecule has 0 spiro atoms. The first-order valence-corrected chi connectivity index (χ1v) is 3.66. The van der Waals surface area contributed by atoms with Gasteiger partial charge in [-0.25, -0.2) is 4.79 Å². The van der Waals surface area contributed by atoms with Crippen molar-refractivity contribution in [2.75, 3.05) is 6.79 Å². The molecule has 0 saturated carbocycles. The van der Waals surface area contributed by atoms with Gasteiger partial charge < -0.3 is 14.6 Å². The molecule has 5 nitrogen and oxygen atoms in total. The number of ether oxygens (including phenoxy) is 2. The summed E-state index contributed by atoms with van der Waals surface area (Å²) < 4.78 is 9.37. The van der Waals surface area contributed by atoms with E-state index >= 15 is 0 Å². The largest absolute Gasteiger partial charge is 0.481 e. The van der Waals surface area contributed by atoms with Gasteiger partial charge >= 0.3 is 5.97 Å². The average Bonchev–Trinajstić information content (AvgIpc) is 2.36. The standard InChI is InChI=1S/C6H8O3.C2H4O2/c1-2-3-5-6(7)9-4-8-5;1-2(3)4/h2,5H,1,3-4H2;1H3,(H,3,4). The first-order chi connectivity index (χ1) is 6.07. The summed E-state index contributed by atoms with van der Waals surface area (Å²) in [6, 6.07) is 0. The Morgan fingerprint density at radius 3 is 2.69 bits per heavy atom. The summed E-state index contributed by atoms with van der Waals surface area (Å²) in [5.41, 5.74) is 0. The molecule has 0 bridgehead atoms. The zero-order chi connectivity index (χ0) is 10.3. The molecule has 1 unspecified atom stereocenters. The molecule has 0 amide bonds. The molecule has 74 valence electrons. The van der Waals surface area contributed by atoms with Gasteiger partial charge in [0.05, 0.1) is 0 Å². The second-order valence-corrected chi connectivity index (χ2v) is 2.28. The summed E-state index contributed by atoms with van der Waals surface area (Å²) in [6.45, 7) is 4.65. The molecule has 0 aliphatic carbocycles. The minimum atomic E-state index is -0.833. The lowest BCUT2D eigenvalue weighted by atomic mass is 10.2. The molecule has 0 aromatic rings. The molecule has 1 rings (SSSR count). The van der Waals surface area contributed by atoms with E-state index < -0.39 is 12.1 Å². The first kappa shape index (κ1) is 11.6. The van der Waals surface area contributed by atoms with E-state index in [1.807, 2.05) is 0 Å². The molecule has 5 heteroatoms. The van der Waals surface area contributed by atoms with E-state index in [0.717, 1.165) is 6.92 Å². The zero-order valence-corrected chi connectivity index (χ0v) is 7.36. The highest BCUT2D eigenvalue weighted by molar-refractivity contribution is 5.75. The highest BCUT2D eigenvalue weighted by Gasteiger charge is 2.25. The number of carbonyl (C=O) groups excluding carboxylic acids is 1. The predicted octanol–water partition coefficient (Wildman–Crippen LogP) is 0.553. The molecule has 0 aromatic heterocycles. The van der Waals surface area contributed by atoms with Crippen LogP contribution in [-0.4, -0.2) is 29.9 Å². The number of carboxylic acid groups (broad SMARTS) is 1. The van der Waals surface area contributed by atoms with E-state index in [-0.39, 0.29) is 12.8 Å². The number of hydrogen-bond donors (Lipinski definition) is 1. The van der Waals surface area contributed by atoms with Crippen LogP contribution >= 0.6 is 0 Å². The van der Waals surface area contributed by atoms with Crippen molar-refractivity contribution < 1.29 is 24.2 Å². The third-order valence-electron chi connectivity index (χ3n) is 1.11. The fourth-order valence-electron chi connectivity index (χ4n) is 0.651. The summed E-state index contributed by atoms with van der Waals surface area (Å²) in [5.74, 6) is -1.12. The van der Waals surface area contributed by atoms with Gasteiger partial charge in [0.2, 0.25) is 0 Å². The lowest BCUT2D eigenvalue weighted by molar-refractivity contribution is -0.139. The number of cyclic esters (lactones) is 1. The maximum absolute atomic E-state index is 10.6. The van der Waals surface area contributed by atoms with Crippen molar-refractivity contribution in [3.8, 4) is 0 Å². The normalized spacial score (nSPS) is 19.8. The lowest BCUT2D eigenvalue weighted by Crippen LogP contribution is -2.14. The van der Waals surface area contributed by atoms with Gasteiger partial charge in [0.1, 0.15) is 0 Å². The van der Waals surface area contributed by atoms with Crippen molar-refractivity contribution in [1.29, 1.82) is 0 Å².